The minimum Gasteiger partial charge on any atom is -0.340 e. The van der Waals surface area contributed by atoms with Crippen molar-refractivity contribution in [3.05, 3.63) is 17.4 Å². The van der Waals surface area contributed by atoms with Crippen LogP contribution in [0.5, 0.6) is 0 Å². The van der Waals surface area contributed by atoms with E-state index in [9.17, 15) is 0 Å². The first-order valence-electron chi connectivity index (χ1n) is 4.68. The Balaban J connectivity index is 2.09. The van der Waals surface area contributed by atoms with Crippen LogP contribution in [-0.4, -0.2) is 36.1 Å². The molecule has 0 bridgehead atoms. The average Bonchev–Trinajstić information content (AvgIpc) is 2.71. The lowest BCUT2D eigenvalue weighted by atomic mass is 10.2. The number of nitrogens with one attached hydrogen (secondary N) is 1. The van der Waals surface area contributed by atoms with Gasteiger partial charge in [0.15, 0.2) is 0 Å². The van der Waals surface area contributed by atoms with Gasteiger partial charge in [-0.15, -0.1) is 0 Å². The van der Waals surface area contributed by atoms with E-state index < -0.39 is 0 Å². The summed E-state index contributed by atoms with van der Waals surface area (Å²) in [5, 5.41) is 3.89. The number of hydrogen-bond acceptors (Lipinski definition) is 4. The van der Waals surface area contributed by atoms with Crippen LogP contribution in [0.1, 0.15) is 6.42 Å². The predicted molar refractivity (Wildman–Crippen MR) is 56.7 cm³/mol. The van der Waals surface area contributed by atoms with Gasteiger partial charge in [-0.2, -0.15) is 0 Å². The van der Waals surface area contributed by atoms with Gasteiger partial charge in [-0.1, -0.05) is 11.6 Å². The molecule has 0 radical (unpaired) electrons. The molecule has 0 unspecified atom stereocenters. The van der Waals surface area contributed by atoms with Crippen LogP contribution < -0.4 is 10.2 Å². The van der Waals surface area contributed by atoms with Crippen molar-refractivity contribution in [3.63, 3.8) is 0 Å². The number of halogens is 1. The van der Waals surface area contributed by atoms with Crippen molar-refractivity contribution >= 4 is 17.5 Å². The lowest BCUT2D eigenvalue weighted by Gasteiger charge is -2.23. The molecule has 2 rings (SSSR count). The van der Waals surface area contributed by atoms with Crippen LogP contribution in [0.2, 0.25) is 5.02 Å². The van der Waals surface area contributed by atoms with E-state index in [2.05, 4.69) is 20.2 Å². The zero-order chi connectivity index (χ0) is 9.97. The van der Waals surface area contributed by atoms with Gasteiger partial charge in [-0.3, -0.25) is 0 Å². The van der Waals surface area contributed by atoms with Crippen LogP contribution in [0, 0.1) is 0 Å². The van der Waals surface area contributed by atoms with Gasteiger partial charge in [-0.25, -0.2) is 9.97 Å². The highest BCUT2D eigenvalue weighted by atomic mass is 35.5. The highest BCUT2D eigenvalue weighted by Gasteiger charge is 2.20. The lowest BCUT2D eigenvalue weighted by Crippen LogP contribution is -2.34. The van der Waals surface area contributed by atoms with E-state index in [1.807, 2.05) is 7.05 Å². The average molecular weight is 213 g/mol. The fourth-order valence-electron chi connectivity index (χ4n) is 1.62. The third-order valence-corrected chi connectivity index (χ3v) is 2.70. The Hall–Kier alpha value is -0.870. The van der Waals surface area contributed by atoms with E-state index in [0.29, 0.717) is 11.1 Å². The Morgan fingerprint density at radius 2 is 2.21 bits per heavy atom. The molecule has 14 heavy (non-hydrogen) atoms. The quantitative estimate of drug-likeness (QED) is 0.792. The molecule has 1 aromatic rings. The molecule has 1 aliphatic rings. The fraction of sp³-hybridized carbons (Fsp3) is 0.556. The molecule has 1 saturated heterocycles. The Morgan fingerprint density at radius 1 is 1.50 bits per heavy atom. The minimum atomic E-state index is 0.496. The molecule has 1 N–H and O–H groups in total. The van der Waals surface area contributed by atoms with Gasteiger partial charge >= 0.3 is 0 Å². The molecule has 1 aromatic heterocycles. The van der Waals surface area contributed by atoms with Gasteiger partial charge in [0.2, 0.25) is 5.95 Å². The van der Waals surface area contributed by atoms with Gasteiger partial charge in [0.1, 0.15) is 0 Å². The van der Waals surface area contributed by atoms with Crippen molar-refractivity contribution < 1.29 is 0 Å². The second kappa shape index (κ2) is 4.11. The van der Waals surface area contributed by atoms with Crippen LogP contribution in [0.3, 0.4) is 0 Å². The standard InChI is InChI=1S/C9H13ClN4/c1-14(8-2-3-11-6-8)9-12-4-7(10)5-13-9/h4-5,8,11H,2-3,6H2,1H3/t8-/m1/s1. The summed E-state index contributed by atoms with van der Waals surface area (Å²) < 4.78 is 0. The maximum absolute atomic E-state index is 5.72. The number of anilines is 1. The Morgan fingerprint density at radius 3 is 2.79 bits per heavy atom. The maximum atomic E-state index is 5.72. The normalized spacial score (nSPS) is 21.1. The van der Waals surface area contributed by atoms with Crippen LogP contribution in [0.15, 0.2) is 12.4 Å². The van der Waals surface area contributed by atoms with E-state index in [4.69, 9.17) is 11.6 Å². The molecule has 0 amide bonds. The lowest BCUT2D eigenvalue weighted by molar-refractivity contribution is 0.668. The molecule has 76 valence electrons. The first-order chi connectivity index (χ1) is 6.77. The van der Waals surface area contributed by atoms with Crippen LogP contribution in [0.25, 0.3) is 0 Å². The Kier molecular flexibility index (Phi) is 2.84. The van der Waals surface area contributed by atoms with Crippen molar-refractivity contribution in [2.45, 2.75) is 12.5 Å². The molecule has 2 heterocycles. The molecule has 1 aliphatic heterocycles. The molecule has 1 atom stereocenters. The molecule has 0 aliphatic carbocycles. The smallest absolute Gasteiger partial charge is 0.225 e. The number of rotatable bonds is 2. The van der Waals surface area contributed by atoms with Crippen molar-refractivity contribution in [1.82, 2.24) is 15.3 Å². The summed E-state index contributed by atoms with van der Waals surface area (Å²) in [4.78, 5) is 10.4. The highest BCUT2D eigenvalue weighted by Crippen LogP contribution is 2.14. The van der Waals surface area contributed by atoms with E-state index in [0.717, 1.165) is 25.5 Å². The molecule has 5 heteroatoms. The summed E-state index contributed by atoms with van der Waals surface area (Å²) >= 11 is 5.72. The monoisotopic (exact) mass is 212 g/mol. The summed E-state index contributed by atoms with van der Waals surface area (Å²) in [6, 6.07) is 0.496. The molecule has 0 spiro atoms. The first kappa shape index (κ1) is 9.68. The zero-order valence-corrected chi connectivity index (χ0v) is 8.83. The molecular formula is C9H13ClN4. The third kappa shape index (κ3) is 1.96. The van der Waals surface area contributed by atoms with Crippen molar-refractivity contribution in [1.29, 1.82) is 0 Å². The maximum Gasteiger partial charge on any atom is 0.225 e. The third-order valence-electron chi connectivity index (χ3n) is 2.50. The zero-order valence-electron chi connectivity index (χ0n) is 8.07. The van der Waals surface area contributed by atoms with Gasteiger partial charge in [0.25, 0.3) is 0 Å². The number of nitrogens with zero attached hydrogens (tertiary/aromatic N) is 3. The number of aromatic nitrogens is 2. The van der Waals surface area contributed by atoms with Crippen molar-refractivity contribution in [2.75, 3.05) is 25.0 Å². The second-order valence-corrected chi connectivity index (χ2v) is 3.90. The topological polar surface area (TPSA) is 41.1 Å². The molecule has 1 fully saturated rings. The predicted octanol–water partition coefficient (Wildman–Crippen LogP) is 0.928. The van der Waals surface area contributed by atoms with Gasteiger partial charge in [0, 0.05) is 19.6 Å². The Bertz CT molecular complexity index is 294. The second-order valence-electron chi connectivity index (χ2n) is 3.46. The first-order valence-corrected chi connectivity index (χ1v) is 5.06. The summed E-state index contributed by atoms with van der Waals surface area (Å²) in [6.07, 6.45) is 4.40. The van der Waals surface area contributed by atoms with Gasteiger partial charge in [0.05, 0.1) is 17.4 Å². The van der Waals surface area contributed by atoms with E-state index in [1.54, 1.807) is 12.4 Å². The summed E-state index contributed by atoms with van der Waals surface area (Å²) in [5.74, 6) is 0.739. The summed E-state index contributed by atoms with van der Waals surface area (Å²) in [5.41, 5.74) is 0. The number of likely N-dealkylation sites (N-methyl/N-ethyl adjacent to an activating group) is 1. The largest absolute Gasteiger partial charge is 0.340 e. The minimum absolute atomic E-state index is 0.496. The van der Waals surface area contributed by atoms with E-state index >= 15 is 0 Å². The Labute approximate surface area is 88.3 Å². The van der Waals surface area contributed by atoms with Crippen molar-refractivity contribution in [3.8, 4) is 0 Å². The van der Waals surface area contributed by atoms with E-state index in [-0.39, 0.29) is 0 Å². The molecule has 0 saturated carbocycles. The summed E-state index contributed by atoms with van der Waals surface area (Å²) in [6.45, 7) is 2.07. The van der Waals surface area contributed by atoms with Crippen molar-refractivity contribution in [2.24, 2.45) is 0 Å². The molecule has 4 nitrogen and oxygen atoms in total. The summed E-state index contributed by atoms with van der Waals surface area (Å²) in [7, 11) is 2.01. The molecule has 0 aromatic carbocycles. The molecular weight excluding hydrogens is 200 g/mol. The highest BCUT2D eigenvalue weighted by molar-refractivity contribution is 6.30. The van der Waals surface area contributed by atoms with Gasteiger partial charge in [-0.05, 0) is 13.0 Å². The van der Waals surface area contributed by atoms with Crippen LogP contribution in [0.4, 0.5) is 5.95 Å². The van der Waals surface area contributed by atoms with E-state index in [1.165, 1.54) is 0 Å². The van der Waals surface area contributed by atoms with Crippen LogP contribution in [-0.2, 0) is 0 Å². The van der Waals surface area contributed by atoms with Gasteiger partial charge < -0.3 is 10.2 Å². The fourth-order valence-corrected chi connectivity index (χ4v) is 1.72. The SMILES string of the molecule is CN(c1ncc(Cl)cn1)[C@@H]1CCNC1. The number of hydrogen-bond donors (Lipinski definition) is 1. The van der Waals surface area contributed by atoms with Crippen LogP contribution >= 0.6 is 11.6 Å².